The fraction of sp³-hybridized carbons (Fsp3) is 0.238. The molecule has 1 atom stereocenters. The zero-order chi connectivity index (χ0) is 20.3. The third-order valence-electron chi connectivity index (χ3n) is 4.39. The van der Waals surface area contributed by atoms with Crippen LogP contribution in [0, 0.1) is 6.92 Å². The van der Waals surface area contributed by atoms with Crippen molar-refractivity contribution in [1.29, 1.82) is 0 Å². The number of hydrogen-bond donors (Lipinski definition) is 3. The predicted octanol–water partition coefficient (Wildman–Crippen LogP) is 4.59. The van der Waals surface area contributed by atoms with E-state index in [0.717, 1.165) is 16.5 Å². The Hall–Kier alpha value is -3.48. The summed E-state index contributed by atoms with van der Waals surface area (Å²) >= 11 is 0. The molecule has 0 saturated carbocycles. The highest BCUT2D eigenvalue weighted by atomic mass is 16.5. The molecule has 0 bridgehead atoms. The zero-order valence-electron chi connectivity index (χ0n) is 16.3. The normalized spacial score (nSPS) is 11.7. The molecule has 1 aromatic heterocycles. The first-order valence-corrected chi connectivity index (χ1v) is 8.90. The molecule has 7 nitrogen and oxygen atoms in total. The molecule has 7 heteroatoms. The summed E-state index contributed by atoms with van der Waals surface area (Å²) in [6.07, 6.45) is 0. The van der Waals surface area contributed by atoms with Crippen LogP contribution >= 0.6 is 0 Å². The number of furan rings is 1. The van der Waals surface area contributed by atoms with Gasteiger partial charge in [0.05, 0.1) is 18.8 Å². The van der Waals surface area contributed by atoms with Gasteiger partial charge in [-0.05, 0) is 38.1 Å². The van der Waals surface area contributed by atoms with Crippen LogP contribution in [-0.4, -0.2) is 19.0 Å². The number of benzene rings is 2. The molecule has 2 aromatic carbocycles. The van der Waals surface area contributed by atoms with Crippen molar-refractivity contribution < 1.29 is 18.7 Å². The van der Waals surface area contributed by atoms with Crippen LogP contribution in [0.15, 0.2) is 46.9 Å². The van der Waals surface area contributed by atoms with Crippen LogP contribution in [0.5, 0.6) is 5.75 Å². The van der Waals surface area contributed by atoms with Crippen LogP contribution in [-0.2, 0) is 4.79 Å². The highest BCUT2D eigenvalue weighted by molar-refractivity contribution is 5.94. The van der Waals surface area contributed by atoms with Crippen molar-refractivity contribution in [3.63, 3.8) is 0 Å². The molecule has 0 aliphatic heterocycles. The SMILES string of the molecule is COc1ccc(NC(C)=O)cc1NC(=O)NC(C)c1oc2ccccc2c1C. The van der Waals surface area contributed by atoms with Gasteiger partial charge in [0.2, 0.25) is 5.91 Å². The number of urea groups is 1. The van der Waals surface area contributed by atoms with E-state index in [0.29, 0.717) is 22.9 Å². The van der Waals surface area contributed by atoms with Crippen LogP contribution in [0.25, 0.3) is 11.0 Å². The van der Waals surface area contributed by atoms with Gasteiger partial charge >= 0.3 is 6.03 Å². The lowest BCUT2D eigenvalue weighted by molar-refractivity contribution is -0.114. The molecule has 3 rings (SSSR count). The molecule has 3 N–H and O–H groups in total. The van der Waals surface area contributed by atoms with Crippen molar-refractivity contribution in [2.45, 2.75) is 26.8 Å². The van der Waals surface area contributed by atoms with E-state index < -0.39 is 6.03 Å². The lowest BCUT2D eigenvalue weighted by atomic mass is 10.1. The number of rotatable bonds is 5. The Morgan fingerprint density at radius 1 is 1.11 bits per heavy atom. The first-order chi connectivity index (χ1) is 13.4. The predicted molar refractivity (Wildman–Crippen MR) is 109 cm³/mol. The van der Waals surface area contributed by atoms with Crippen LogP contribution in [0.3, 0.4) is 0 Å². The monoisotopic (exact) mass is 381 g/mol. The molecule has 3 amide bonds. The summed E-state index contributed by atoms with van der Waals surface area (Å²) in [6, 6.07) is 12.0. The lowest BCUT2D eigenvalue weighted by Gasteiger charge is -2.16. The van der Waals surface area contributed by atoms with E-state index in [9.17, 15) is 9.59 Å². The van der Waals surface area contributed by atoms with Crippen molar-refractivity contribution in [1.82, 2.24) is 5.32 Å². The molecular weight excluding hydrogens is 358 g/mol. The van der Waals surface area contributed by atoms with Gasteiger partial charge in [0.1, 0.15) is 17.1 Å². The highest BCUT2D eigenvalue weighted by Crippen LogP contribution is 2.30. The van der Waals surface area contributed by atoms with E-state index in [4.69, 9.17) is 9.15 Å². The van der Waals surface area contributed by atoms with Gasteiger partial charge in [-0.15, -0.1) is 0 Å². The first-order valence-electron chi connectivity index (χ1n) is 8.90. The Morgan fingerprint density at radius 3 is 2.54 bits per heavy atom. The number of carbonyl (C=O) groups excluding carboxylic acids is 2. The minimum Gasteiger partial charge on any atom is -0.495 e. The molecule has 0 aliphatic carbocycles. The van der Waals surface area contributed by atoms with Crippen molar-refractivity contribution in [2.75, 3.05) is 17.7 Å². The maximum absolute atomic E-state index is 12.5. The summed E-state index contributed by atoms with van der Waals surface area (Å²) in [7, 11) is 1.51. The Balaban J connectivity index is 1.75. The lowest BCUT2D eigenvalue weighted by Crippen LogP contribution is -2.31. The van der Waals surface area contributed by atoms with Gasteiger partial charge in [-0.25, -0.2) is 4.79 Å². The maximum atomic E-state index is 12.5. The van der Waals surface area contributed by atoms with E-state index in [-0.39, 0.29) is 11.9 Å². The minimum absolute atomic E-state index is 0.199. The van der Waals surface area contributed by atoms with Gasteiger partial charge in [-0.1, -0.05) is 18.2 Å². The Kier molecular flexibility index (Phi) is 5.54. The highest BCUT2D eigenvalue weighted by Gasteiger charge is 2.19. The molecule has 146 valence electrons. The van der Waals surface area contributed by atoms with Crippen molar-refractivity contribution in [3.8, 4) is 5.75 Å². The van der Waals surface area contributed by atoms with E-state index in [1.165, 1.54) is 14.0 Å². The van der Waals surface area contributed by atoms with Crippen LogP contribution < -0.4 is 20.7 Å². The van der Waals surface area contributed by atoms with E-state index in [1.807, 2.05) is 38.1 Å². The molecule has 0 spiro atoms. The minimum atomic E-state index is -0.411. The van der Waals surface area contributed by atoms with Gasteiger partial charge < -0.3 is 25.1 Å². The largest absolute Gasteiger partial charge is 0.495 e. The first kappa shape index (κ1) is 19.3. The molecule has 3 aromatic rings. The van der Waals surface area contributed by atoms with Gasteiger partial charge in [-0.2, -0.15) is 0 Å². The van der Waals surface area contributed by atoms with Crippen LogP contribution in [0.1, 0.15) is 31.2 Å². The third kappa shape index (κ3) is 4.09. The van der Waals surface area contributed by atoms with E-state index >= 15 is 0 Å². The second-order valence-electron chi connectivity index (χ2n) is 6.50. The number of amides is 3. The topological polar surface area (TPSA) is 92.6 Å². The molecule has 0 radical (unpaired) electrons. The second-order valence-corrected chi connectivity index (χ2v) is 6.50. The average molecular weight is 381 g/mol. The Bertz CT molecular complexity index is 1030. The van der Waals surface area contributed by atoms with Crippen molar-refractivity contribution >= 4 is 34.3 Å². The molecule has 0 fully saturated rings. The summed E-state index contributed by atoms with van der Waals surface area (Å²) in [5.74, 6) is 0.988. The number of fused-ring (bicyclic) bond motifs is 1. The van der Waals surface area contributed by atoms with Crippen LogP contribution in [0.4, 0.5) is 16.2 Å². The number of nitrogens with one attached hydrogen (secondary N) is 3. The van der Waals surface area contributed by atoms with Crippen molar-refractivity contribution in [3.05, 3.63) is 53.8 Å². The smallest absolute Gasteiger partial charge is 0.319 e. The standard InChI is InChI=1S/C21H23N3O4/c1-12-16-7-5-6-8-18(16)28-20(12)13(2)22-21(26)24-17-11-15(23-14(3)25)9-10-19(17)27-4/h5-11,13H,1-4H3,(H,23,25)(H2,22,24,26). The van der Waals surface area contributed by atoms with Gasteiger partial charge in [0.15, 0.2) is 0 Å². The molecule has 1 unspecified atom stereocenters. The van der Waals surface area contributed by atoms with Crippen molar-refractivity contribution in [2.24, 2.45) is 0 Å². The van der Waals surface area contributed by atoms with E-state index in [1.54, 1.807) is 18.2 Å². The summed E-state index contributed by atoms with van der Waals surface area (Å²) < 4.78 is 11.2. The van der Waals surface area contributed by atoms with Crippen LogP contribution in [0.2, 0.25) is 0 Å². The molecule has 0 aliphatic rings. The third-order valence-corrected chi connectivity index (χ3v) is 4.39. The quantitative estimate of drug-likeness (QED) is 0.603. The van der Waals surface area contributed by atoms with Gasteiger partial charge in [-0.3, -0.25) is 4.79 Å². The summed E-state index contributed by atoms with van der Waals surface area (Å²) in [5, 5.41) is 9.33. The Labute approximate surface area is 163 Å². The number of carbonyl (C=O) groups is 2. The number of aryl methyl sites for hydroxylation is 1. The number of ether oxygens (including phenoxy) is 1. The summed E-state index contributed by atoms with van der Waals surface area (Å²) in [6.45, 7) is 5.24. The maximum Gasteiger partial charge on any atom is 0.319 e. The van der Waals surface area contributed by atoms with Gasteiger partial charge in [0, 0.05) is 23.6 Å². The zero-order valence-corrected chi connectivity index (χ0v) is 16.3. The number of anilines is 2. The fourth-order valence-corrected chi connectivity index (χ4v) is 3.11. The number of methoxy groups -OCH3 is 1. The number of para-hydroxylation sites is 1. The van der Waals surface area contributed by atoms with E-state index in [2.05, 4.69) is 16.0 Å². The number of hydrogen-bond acceptors (Lipinski definition) is 4. The summed E-state index contributed by atoms with van der Waals surface area (Å²) in [4.78, 5) is 23.8. The second kappa shape index (κ2) is 8.04. The molecule has 1 heterocycles. The summed E-state index contributed by atoms with van der Waals surface area (Å²) in [5.41, 5.74) is 2.78. The van der Waals surface area contributed by atoms with Gasteiger partial charge in [0.25, 0.3) is 0 Å². The Morgan fingerprint density at radius 2 is 1.86 bits per heavy atom. The fourth-order valence-electron chi connectivity index (χ4n) is 3.11. The average Bonchev–Trinajstić information content (AvgIpc) is 2.98. The molecule has 28 heavy (non-hydrogen) atoms. The molecular formula is C21H23N3O4. The molecule has 0 saturated heterocycles.